The van der Waals surface area contributed by atoms with Crippen LogP contribution in [-0.4, -0.2) is 9.97 Å². The molecule has 0 bridgehead atoms. The van der Waals surface area contributed by atoms with Crippen molar-refractivity contribution < 1.29 is 0 Å². The maximum Gasteiger partial charge on any atom is 0.139 e. The fourth-order valence-corrected chi connectivity index (χ4v) is 2.93. The van der Waals surface area contributed by atoms with Crippen LogP contribution in [0.4, 0.5) is 0 Å². The van der Waals surface area contributed by atoms with Crippen molar-refractivity contribution >= 4 is 11.0 Å². The number of aryl methyl sites for hydroxylation is 1. The first-order valence-electron chi connectivity index (χ1n) is 7.43. The molecule has 0 amide bonds. The van der Waals surface area contributed by atoms with Gasteiger partial charge in [0.2, 0.25) is 0 Å². The van der Waals surface area contributed by atoms with Crippen molar-refractivity contribution in [2.75, 3.05) is 0 Å². The van der Waals surface area contributed by atoms with E-state index < -0.39 is 0 Å². The minimum atomic E-state index is 0.920. The number of imidazole rings is 1. The van der Waals surface area contributed by atoms with Gasteiger partial charge in [-0.05, 0) is 35.7 Å². The van der Waals surface area contributed by atoms with Crippen LogP contribution in [0.25, 0.3) is 33.5 Å². The number of nitrogens with one attached hydrogen (secondary N) is 1. The molecule has 0 aliphatic heterocycles. The molecular weight excluding hydrogens is 268 g/mol. The number of hydrogen-bond acceptors (Lipinski definition) is 1. The van der Waals surface area contributed by atoms with Crippen LogP contribution in [0.1, 0.15) is 5.56 Å². The monoisotopic (exact) mass is 284 g/mol. The largest absolute Gasteiger partial charge is 0.338 e. The van der Waals surface area contributed by atoms with Gasteiger partial charge in [0.25, 0.3) is 0 Å². The smallest absolute Gasteiger partial charge is 0.139 e. The summed E-state index contributed by atoms with van der Waals surface area (Å²) >= 11 is 0. The summed E-state index contributed by atoms with van der Waals surface area (Å²) in [4.78, 5) is 8.19. The lowest BCUT2D eigenvalue weighted by atomic mass is 9.95. The van der Waals surface area contributed by atoms with Crippen molar-refractivity contribution in [3.8, 4) is 22.5 Å². The van der Waals surface area contributed by atoms with Gasteiger partial charge in [-0.3, -0.25) is 0 Å². The summed E-state index contributed by atoms with van der Waals surface area (Å²) in [5.41, 5.74) is 6.92. The van der Waals surface area contributed by atoms with E-state index in [0.29, 0.717) is 0 Å². The normalized spacial score (nSPS) is 11.0. The third kappa shape index (κ3) is 2.09. The lowest BCUT2D eigenvalue weighted by molar-refractivity contribution is 1.32. The summed E-state index contributed by atoms with van der Waals surface area (Å²) in [5.74, 6) is 0.920. The minimum absolute atomic E-state index is 0.920. The first kappa shape index (κ1) is 12.8. The third-order valence-electron chi connectivity index (χ3n) is 3.98. The maximum absolute atomic E-state index is 4.75. The van der Waals surface area contributed by atoms with E-state index in [1.54, 1.807) is 0 Å². The van der Waals surface area contributed by atoms with E-state index in [2.05, 4.69) is 60.4 Å². The molecule has 2 heteroatoms. The van der Waals surface area contributed by atoms with Crippen LogP contribution in [0.2, 0.25) is 0 Å². The molecule has 22 heavy (non-hydrogen) atoms. The Labute approximate surface area is 129 Å². The predicted molar refractivity (Wildman–Crippen MR) is 91.7 cm³/mol. The molecule has 0 spiro atoms. The van der Waals surface area contributed by atoms with E-state index >= 15 is 0 Å². The molecular formula is C20H16N2. The van der Waals surface area contributed by atoms with E-state index in [9.17, 15) is 0 Å². The number of nitrogens with zero attached hydrogens (tertiary/aromatic N) is 1. The quantitative estimate of drug-likeness (QED) is 0.538. The highest BCUT2D eigenvalue weighted by molar-refractivity contribution is 5.87. The van der Waals surface area contributed by atoms with Gasteiger partial charge in [-0.15, -0.1) is 0 Å². The second-order valence-corrected chi connectivity index (χ2v) is 5.47. The van der Waals surface area contributed by atoms with Gasteiger partial charge in [-0.25, -0.2) is 4.98 Å². The summed E-state index contributed by atoms with van der Waals surface area (Å²) in [6.45, 7) is 2.15. The average molecular weight is 284 g/mol. The molecule has 0 atom stereocenters. The Kier molecular flexibility index (Phi) is 3.01. The zero-order valence-corrected chi connectivity index (χ0v) is 12.4. The molecule has 0 saturated heterocycles. The third-order valence-corrected chi connectivity index (χ3v) is 3.98. The standard InChI is InChI=1S/C20H16N2/c1-14-8-7-11-16(19(14)15-9-3-2-4-10-15)20-21-17-12-5-6-13-18(17)22-20/h2-13H,1H3,(H,21,22). The highest BCUT2D eigenvalue weighted by Crippen LogP contribution is 2.34. The molecule has 0 aliphatic rings. The Balaban J connectivity index is 1.97. The Hall–Kier alpha value is -2.87. The molecule has 2 nitrogen and oxygen atoms in total. The number of hydrogen-bond donors (Lipinski definition) is 1. The zero-order valence-electron chi connectivity index (χ0n) is 12.4. The predicted octanol–water partition coefficient (Wildman–Crippen LogP) is 5.21. The van der Waals surface area contributed by atoms with Gasteiger partial charge >= 0.3 is 0 Å². The number of aromatic amines is 1. The minimum Gasteiger partial charge on any atom is -0.338 e. The van der Waals surface area contributed by atoms with Crippen LogP contribution >= 0.6 is 0 Å². The van der Waals surface area contributed by atoms with Gasteiger partial charge in [-0.1, -0.05) is 60.7 Å². The van der Waals surface area contributed by atoms with E-state index in [4.69, 9.17) is 4.98 Å². The molecule has 0 radical (unpaired) electrons. The second kappa shape index (κ2) is 5.15. The van der Waals surface area contributed by atoms with Gasteiger partial charge in [0.15, 0.2) is 0 Å². The fraction of sp³-hybridized carbons (Fsp3) is 0.0500. The zero-order chi connectivity index (χ0) is 14.9. The first-order chi connectivity index (χ1) is 10.8. The van der Waals surface area contributed by atoms with E-state index in [0.717, 1.165) is 22.4 Å². The molecule has 0 saturated carbocycles. The lowest BCUT2D eigenvalue weighted by Gasteiger charge is -2.11. The van der Waals surface area contributed by atoms with Crippen LogP contribution in [0.5, 0.6) is 0 Å². The Morgan fingerprint density at radius 2 is 1.55 bits per heavy atom. The van der Waals surface area contributed by atoms with Crippen LogP contribution < -0.4 is 0 Å². The highest BCUT2D eigenvalue weighted by Gasteiger charge is 2.13. The topological polar surface area (TPSA) is 28.7 Å². The molecule has 4 rings (SSSR count). The van der Waals surface area contributed by atoms with Crippen molar-refractivity contribution in [3.05, 3.63) is 78.4 Å². The number of fused-ring (bicyclic) bond motifs is 1. The van der Waals surface area contributed by atoms with Gasteiger partial charge in [0, 0.05) is 5.56 Å². The van der Waals surface area contributed by atoms with Crippen LogP contribution in [0.3, 0.4) is 0 Å². The Bertz CT molecular complexity index is 903. The Morgan fingerprint density at radius 3 is 2.36 bits per heavy atom. The first-order valence-corrected chi connectivity index (χ1v) is 7.43. The molecule has 0 aliphatic carbocycles. The Morgan fingerprint density at radius 1 is 0.773 bits per heavy atom. The molecule has 1 heterocycles. The van der Waals surface area contributed by atoms with E-state index in [-0.39, 0.29) is 0 Å². The summed E-state index contributed by atoms with van der Waals surface area (Å²) in [5, 5.41) is 0. The van der Waals surface area contributed by atoms with Crippen LogP contribution in [0, 0.1) is 6.92 Å². The molecule has 106 valence electrons. The summed E-state index contributed by atoms with van der Waals surface area (Å²) in [6.07, 6.45) is 0. The van der Waals surface area contributed by atoms with Crippen molar-refractivity contribution in [1.29, 1.82) is 0 Å². The highest BCUT2D eigenvalue weighted by atomic mass is 14.9. The second-order valence-electron chi connectivity index (χ2n) is 5.47. The van der Waals surface area contributed by atoms with Gasteiger partial charge < -0.3 is 4.98 Å². The summed E-state index contributed by atoms with van der Waals surface area (Å²) in [7, 11) is 0. The number of aromatic nitrogens is 2. The van der Waals surface area contributed by atoms with E-state index in [1.807, 2.05) is 24.3 Å². The van der Waals surface area contributed by atoms with Gasteiger partial charge in [-0.2, -0.15) is 0 Å². The summed E-state index contributed by atoms with van der Waals surface area (Å²) in [6, 6.07) is 25.0. The molecule has 4 aromatic rings. The lowest BCUT2D eigenvalue weighted by Crippen LogP contribution is -1.90. The van der Waals surface area contributed by atoms with Crippen molar-refractivity contribution in [1.82, 2.24) is 9.97 Å². The van der Waals surface area contributed by atoms with Gasteiger partial charge in [0.05, 0.1) is 11.0 Å². The average Bonchev–Trinajstić information content (AvgIpc) is 2.99. The number of H-pyrrole nitrogens is 1. The molecule has 0 unspecified atom stereocenters. The fourth-order valence-electron chi connectivity index (χ4n) is 2.93. The van der Waals surface area contributed by atoms with E-state index in [1.165, 1.54) is 16.7 Å². The van der Waals surface area contributed by atoms with Crippen molar-refractivity contribution in [3.63, 3.8) is 0 Å². The van der Waals surface area contributed by atoms with Gasteiger partial charge in [0.1, 0.15) is 5.82 Å². The molecule has 3 aromatic carbocycles. The maximum atomic E-state index is 4.75. The number of benzene rings is 3. The van der Waals surface area contributed by atoms with Crippen molar-refractivity contribution in [2.24, 2.45) is 0 Å². The van der Waals surface area contributed by atoms with Crippen LogP contribution in [-0.2, 0) is 0 Å². The molecule has 1 aromatic heterocycles. The molecule has 1 N–H and O–H groups in total. The number of para-hydroxylation sites is 2. The van der Waals surface area contributed by atoms with Crippen LogP contribution in [0.15, 0.2) is 72.8 Å². The SMILES string of the molecule is Cc1cccc(-c2nc3ccccc3[nH]2)c1-c1ccccc1. The number of rotatable bonds is 2. The summed E-state index contributed by atoms with van der Waals surface area (Å²) < 4.78 is 0. The molecule has 0 fully saturated rings. The van der Waals surface area contributed by atoms with Crippen molar-refractivity contribution in [2.45, 2.75) is 6.92 Å².